The van der Waals surface area contributed by atoms with E-state index >= 15 is 0 Å². The first-order chi connectivity index (χ1) is 7.25. The van der Waals surface area contributed by atoms with Crippen molar-refractivity contribution in [2.45, 2.75) is 16.8 Å². The van der Waals surface area contributed by atoms with Gasteiger partial charge in [-0.15, -0.1) is 0 Å². The number of pyridine rings is 1. The molecule has 3 heteroatoms. The summed E-state index contributed by atoms with van der Waals surface area (Å²) in [7, 11) is 0. The van der Waals surface area contributed by atoms with Gasteiger partial charge in [0, 0.05) is 17.0 Å². The minimum atomic E-state index is 0.696. The standard InChI is InChI=1S/C12H11NOS/c1-10-5-7-11(8-6-10)15-12-4-2-3-9-13(12)14/h2-9H,1H3. The Labute approximate surface area is 93.2 Å². The molecule has 0 N–H and O–H groups in total. The summed E-state index contributed by atoms with van der Waals surface area (Å²) in [5.41, 5.74) is 1.22. The number of aryl methyl sites for hydroxylation is 1. The lowest BCUT2D eigenvalue weighted by Crippen LogP contribution is -2.27. The summed E-state index contributed by atoms with van der Waals surface area (Å²) in [6, 6.07) is 13.5. The van der Waals surface area contributed by atoms with Crippen molar-refractivity contribution in [2.75, 3.05) is 0 Å². The number of hydrogen-bond donors (Lipinski definition) is 0. The number of hydrogen-bond acceptors (Lipinski definition) is 2. The van der Waals surface area contributed by atoms with E-state index in [1.165, 1.54) is 23.5 Å². The molecule has 0 radical (unpaired) electrons. The van der Waals surface area contributed by atoms with E-state index in [4.69, 9.17) is 0 Å². The van der Waals surface area contributed by atoms with Gasteiger partial charge in [-0.25, -0.2) is 0 Å². The van der Waals surface area contributed by atoms with Crippen LogP contribution in [0.3, 0.4) is 0 Å². The van der Waals surface area contributed by atoms with Crippen LogP contribution in [0.2, 0.25) is 0 Å². The lowest BCUT2D eigenvalue weighted by molar-refractivity contribution is -0.645. The fourth-order valence-corrected chi connectivity index (χ4v) is 2.03. The summed E-state index contributed by atoms with van der Waals surface area (Å²) in [6.07, 6.45) is 1.51. The van der Waals surface area contributed by atoms with Crippen LogP contribution in [0.25, 0.3) is 0 Å². The summed E-state index contributed by atoms with van der Waals surface area (Å²) >= 11 is 1.47. The molecule has 15 heavy (non-hydrogen) atoms. The zero-order valence-corrected chi connectivity index (χ0v) is 9.20. The largest absolute Gasteiger partial charge is 0.618 e. The van der Waals surface area contributed by atoms with E-state index in [0.29, 0.717) is 5.03 Å². The first-order valence-electron chi connectivity index (χ1n) is 4.68. The van der Waals surface area contributed by atoms with Crippen molar-refractivity contribution in [3.8, 4) is 0 Å². The number of benzene rings is 1. The molecule has 2 rings (SSSR count). The van der Waals surface area contributed by atoms with Crippen molar-refractivity contribution in [2.24, 2.45) is 0 Å². The minimum absolute atomic E-state index is 0.696. The van der Waals surface area contributed by atoms with Gasteiger partial charge in [-0.1, -0.05) is 17.7 Å². The van der Waals surface area contributed by atoms with Crippen molar-refractivity contribution in [3.63, 3.8) is 0 Å². The Hall–Kier alpha value is -1.48. The normalized spacial score (nSPS) is 10.2. The monoisotopic (exact) mass is 217 g/mol. The van der Waals surface area contributed by atoms with Crippen LogP contribution >= 0.6 is 11.8 Å². The van der Waals surface area contributed by atoms with Crippen LogP contribution in [-0.2, 0) is 0 Å². The highest BCUT2D eigenvalue weighted by Crippen LogP contribution is 2.24. The van der Waals surface area contributed by atoms with Crippen LogP contribution in [0, 0.1) is 12.1 Å². The Bertz CT molecular complexity index is 453. The molecule has 0 aliphatic heterocycles. The molecule has 0 atom stereocenters. The van der Waals surface area contributed by atoms with Gasteiger partial charge >= 0.3 is 0 Å². The Morgan fingerprint density at radius 2 is 1.80 bits per heavy atom. The Kier molecular flexibility index (Phi) is 2.92. The summed E-state index contributed by atoms with van der Waals surface area (Å²) in [6.45, 7) is 2.05. The van der Waals surface area contributed by atoms with Gasteiger partial charge in [0.05, 0.1) is 0 Å². The summed E-state index contributed by atoms with van der Waals surface area (Å²) in [5, 5.41) is 12.1. The van der Waals surface area contributed by atoms with Crippen molar-refractivity contribution in [3.05, 3.63) is 59.4 Å². The fourth-order valence-electron chi connectivity index (χ4n) is 1.22. The zero-order valence-electron chi connectivity index (χ0n) is 8.38. The second-order valence-electron chi connectivity index (χ2n) is 3.28. The van der Waals surface area contributed by atoms with E-state index in [1.807, 2.05) is 43.3 Å². The molecule has 1 heterocycles. The number of nitrogens with zero attached hydrogens (tertiary/aromatic N) is 1. The Balaban J connectivity index is 2.22. The average molecular weight is 217 g/mol. The molecule has 0 bridgehead atoms. The van der Waals surface area contributed by atoms with E-state index in [2.05, 4.69) is 0 Å². The molecule has 2 nitrogen and oxygen atoms in total. The quantitative estimate of drug-likeness (QED) is 0.571. The molecule has 1 aromatic heterocycles. The van der Waals surface area contributed by atoms with Crippen LogP contribution < -0.4 is 4.73 Å². The van der Waals surface area contributed by atoms with Gasteiger partial charge < -0.3 is 5.21 Å². The SMILES string of the molecule is Cc1ccc(Sc2cccc[n+]2[O-])cc1. The molecule has 76 valence electrons. The van der Waals surface area contributed by atoms with Gasteiger partial charge in [0.15, 0.2) is 6.20 Å². The summed E-state index contributed by atoms with van der Waals surface area (Å²) in [5.74, 6) is 0. The molecular formula is C12H11NOS. The van der Waals surface area contributed by atoms with Gasteiger partial charge in [0.25, 0.3) is 5.03 Å². The van der Waals surface area contributed by atoms with Crippen LogP contribution in [0.15, 0.2) is 58.6 Å². The maximum Gasteiger partial charge on any atom is 0.256 e. The molecule has 0 spiro atoms. The number of rotatable bonds is 2. The van der Waals surface area contributed by atoms with Gasteiger partial charge in [0.1, 0.15) is 0 Å². The molecule has 0 saturated heterocycles. The molecule has 1 aromatic carbocycles. The second kappa shape index (κ2) is 4.36. The Morgan fingerprint density at radius 1 is 1.07 bits per heavy atom. The third kappa shape index (κ3) is 2.50. The van der Waals surface area contributed by atoms with E-state index in [0.717, 1.165) is 9.63 Å². The molecule has 0 aliphatic rings. The van der Waals surface area contributed by atoms with Gasteiger partial charge in [-0.05, 0) is 36.9 Å². The first kappa shape index (κ1) is 10.1. The molecule has 0 saturated carbocycles. The summed E-state index contributed by atoms with van der Waals surface area (Å²) in [4.78, 5) is 1.08. The van der Waals surface area contributed by atoms with Gasteiger partial charge in [-0.3, -0.25) is 0 Å². The zero-order chi connectivity index (χ0) is 10.7. The van der Waals surface area contributed by atoms with E-state index in [9.17, 15) is 5.21 Å². The smallest absolute Gasteiger partial charge is 0.256 e. The Morgan fingerprint density at radius 3 is 2.47 bits per heavy atom. The minimum Gasteiger partial charge on any atom is -0.618 e. The predicted molar refractivity (Wildman–Crippen MR) is 60.7 cm³/mol. The topological polar surface area (TPSA) is 26.9 Å². The molecule has 0 amide bonds. The highest BCUT2D eigenvalue weighted by atomic mass is 32.2. The fraction of sp³-hybridized carbons (Fsp3) is 0.0833. The van der Waals surface area contributed by atoms with Crippen LogP contribution in [0.4, 0.5) is 0 Å². The molecular weight excluding hydrogens is 206 g/mol. The van der Waals surface area contributed by atoms with Crippen LogP contribution in [0.1, 0.15) is 5.56 Å². The van der Waals surface area contributed by atoms with Gasteiger partial charge in [-0.2, -0.15) is 4.73 Å². The van der Waals surface area contributed by atoms with Crippen LogP contribution in [-0.4, -0.2) is 0 Å². The van der Waals surface area contributed by atoms with Crippen molar-refractivity contribution in [1.29, 1.82) is 0 Å². The van der Waals surface area contributed by atoms with E-state index in [-0.39, 0.29) is 0 Å². The van der Waals surface area contributed by atoms with Crippen molar-refractivity contribution < 1.29 is 4.73 Å². The number of aromatic nitrogens is 1. The predicted octanol–water partition coefficient (Wildman–Crippen LogP) is 2.78. The molecule has 0 aliphatic carbocycles. The van der Waals surface area contributed by atoms with Crippen molar-refractivity contribution in [1.82, 2.24) is 0 Å². The third-order valence-corrected chi connectivity index (χ3v) is 3.07. The maximum atomic E-state index is 11.4. The maximum absolute atomic E-state index is 11.4. The lowest BCUT2D eigenvalue weighted by Gasteiger charge is -2.03. The molecule has 0 unspecified atom stereocenters. The molecule has 2 aromatic rings. The summed E-state index contributed by atoms with van der Waals surface area (Å²) < 4.78 is 0.879. The average Bonchev–Trinajstić information content (AvgIpc) is 2.25. The van der Waals surface area contributed by atoms with E-state index < -0.39 is 0 Å². The lowest BCUT2D eigenvalue weighted by atomic mass is 10.2. The third-order valence-electron chi connectivity index (χ3n) is 2.03. The highest BCUT2D eigenvalue weighted by molar-refractivity contribution is 7.99. The highest BCUT2D eigenvalue weighted by Gasteiger charge is 2.05. The van der Waals surface area contributed by atoms with Gasteiger partial charge in [0.2, 0.25) is 0 Å². The van der Waals surface area contributed by atoms with Crippen LogP contribution in [0.5, 0.6) is 0 Å². The molecule has 0 fully saturated rings. The second-order valence-corrected chi connectivity index (χ2v) is 4.37. The van der Waals surface area contributed by atoms with E-state index in [1.54, 1.807) is 6.07 Å². The van der Waals surface area contributed by atoms with Crippen molar-refractivity contribution >= 4 is 11.8 Å². The first-order valence-corrected chi connectivity index (χ1v) is 5.50.